The second-order valence-corrected chi connectivity index (χ2v) is 8.29. The summed E-state index contributed by atoms with van der Waals surface area (Å²) >= 11 is 0. The Hall–Kier alpha value is -3.46. The van der Waals surface area contributed by atoms with Crippen LogP contribution >= 0.6 is 0 Å². The smallest absolute Gasteiger partial charge is 0.225 e. The van der Waals surface area contributed by atoms with E-state index in [2.05, 4.69) is 45.1 Å². The van der Waals surface area contributed by atoms with Crippen molar-refractivity contribution in [3.8, 4) is 28.6 Å². The molecule has 0 spiro atoms. The minimum absolute atomic E-state index is 0.295. The zero-order chi connectivity index (χ0) is 20.5. The molecule has 2 aliphatic rings. The third kappa shape index (κ3) is 3.71. The largest absolute Gasteiger partial charge is 0.342 e. The number of amides is 1. The highest BCUT2D eigenvalue weighted by Gasteiger charge is 2.36. The fourth-order valence-electron chi connectivity index (χ4n) is 4.21. The standard InChI is InChI=1S/C24H23N5O/c25-13-17-1-3-19(4-2-17)20-5-7-21(8-6-20)23-27-26-16-29(23)15-18-11-12-28(14-18)24(30)22-9-10-22/h1-8,16,18,22H,9-12,14-15H2/t18-/m1/s1. The van der Waals surface area contributed by atoms with Crippen LogP contribution in [0.4, 0.5) is 0 Å². The molecule has 0 N–H and O–H groups in total. The summed E-state index contributed by atoms with van der Waals surface area (Å²) in [6.45, 7) is 2.54. The van der Waals surface area contributed by atoms with Crippen molar-refractivity contribution in [2.45, 2.75) is 25.8 Å². The number of rotatable bonds is 5. The summed E-state index contributed by atoms with van der Waals surface area (Å²) in [6.07, 6.45) is 4.95. The van der Waals surface area contributed by atoms with Gasteiger partial charge in [0.2, 0.25) is 5.91 Å². The summed E-state index contributed by atoms with van der Waals surface area (Å²) < 4.78 is 2.10. The van der Waals surface area contributed by atoms with Gasteiger partial charge < -0.3 is 9.47 Å². The van der Waals surface area contributed by atoms with Gasteiger partial charge in [-0.05, 0) is 48.4 Å². The number of carbonyl (C=O) groups is 1. The van der Waals surface area contributed by atoms with Gasteiger partial charge >= 0.3 is 0 Å². The second-order valence-electron chi connectivity index (χ2n) is 8.29. The van der Waals surface area contributed by atoms with Crippen LogP contribution in [0.5, 0.6) is 0 Å². The van der Waals surface area contributed by atoms with E-state index in [0.717, 1.165) is 61.4 Å². The average Bonchev–Trinajstić information content (AvgIpc) is 3.37. The van der Waals surface area contributed by atoms with Crippen molar-refractivity contribution in [3.63, 3.8) is 0 Å². The number of hydrogen-bond donors (Lipinski definition) is 0. The van der Waals surface area contributed by atoms with E-state index in [1.165, 1.54) is 0 Å². The van der Waals surface area contributed by atoms with Crippen LogP contribution in [-0.4, -0.2) is 38.7 Å². The number of nitrogens with zero attached hydrogens (tertiary/aromatic N) is 5. The average molecular weight is 397 g/mol. The highest BCUT2D eigenvalue weighted by molar-refractivity contribution is 5.81. The minimum Gasteiger partial charge on any atom is -0.342 e. The summed E-state index contributed by atoms with van der Waals surface area (Å²) in [5, 5.41) is 17.4. The molecule has 2 aromatic carbocycles. The summed E-state index contributed by atoms with van der Waals surface area (Å²) in [7, 11) is 0. The molecule has 0 unspecified atom stereocenters. The summed E-state index contributed by atoms with van der Waals surface area (Å²) in [5.74, 6) is 1.94. The van der Waals surface area contributed by atoms with E-state index in [-0.39, 0.29) is 0 Å². The lowest BCUT2D eigenvalue weighted by Crippen LogP contribution is -2.30. The van der Waals surface area contributed by atoms with Gasteiger partial charge in [0.15, 0.2) is 5.82 Å². The summed E-state index contributed by atoms with van der Waals surface area (Å²) in [5.41, 5.74) is 3.86. The number of carbonyl (C=O) groups excluding carboxylic acids is 1. The lowest BCUT2D eigenvalue weighted by Gasteiger charge is -2.17. The van der Waals surface area contributed by atoms with Crippen LogP contribution in [0.1, 0.15) is 24.8 Å². The molecule has 6 heteroatoms. The third-order valence-electron chi connectivity index (χ3n) is 6.08. The van der Waals surface area contributed by atoms with Crippen molar-refractivity contribution < 1.29 is 4.79 Å². The molecule has 5 rings (SSSR count). The molecule has 1 atom stereocenters. The van der Waals surface area contributed by atoms with Crippen LogP contribution in [0.25, 0.3) is 22.5 Å². The second kappa shape index (κ2) is 7.75. The molecule has 0 bridgehead atoms. The van der Waals surface area contributed by atoms with E-state index in [4.69, 9.17) is 5.26 Å². The molecular formula is C24H23N5O. The fraction of sp³-hybridized carbons (Fsp3) is 0.333. The lowest BCUT2D eigenvalue weighted by atomic mass is 10.0. The highest BCUT2D eigenvalue weighted by atomic mass is 16.2. The number of hydrogen-bond acceptors (Lipinski definition) is 4. The monoisotopic (exact) mass is 397 g/mol. The van der Waals surface area contributed by atoms with Gasteiger partial charge in [0.25, 0.3) is 0 Å². The maximum Gasteiger partial charge on any atom is 0.225 e. The third-order valence-corrected chi connectivity index (χ3v) is 6.08. The van der Waals surface area contributed by atoms with Crippen molar-refractivity contribution in [3.05, 3.63) is 60.4 Å². The molecule has 1 amide bonds. The van der Waals surface area contributed by atoms with Crippen LogP contribution in [0.15, 0.2) is 54.9 Å². The maximum atomic E-state index is 12.3. The van der Waals surface area contributed by atoms with Crippen LogP contribution < -0.4 is 0 Å². The van der Waals surface area contributed by atoms with Gasteiger partial charge in [-0.3, -0.25) is 4.79 Å². The molecule has 150 valence electrons. The van der Waals surface area contributed by atoms with E-state index >= 15 is 0 Å². The molecule has 2 heterocycles. The molecule has 1 aliphatic carbocycles. The van der Waals surface area contributed by atoms with Crippen LogP contribution in [-0.2, 0) is 11.3 Å². The van der Waals surface area contributed by atoms with Gasteiger partial charge in [-0.2, -0.15) is 5.26 Å². The normalized spacial score (nSPS) is 18.4. The molecule has 6 nitrogen and oxygen atoms in total. The Morgan fingerprint density at radius 2 is 1.67 bits per heavy atom. The Balaban J connectivity index is 1.28. The van der Waals surface area contributed by atoms with Gasteiger partial charge in [-0.1, -0.05) is 36.4 Å². The molecule has 3 aromatic rings. The zero-order valence-corrected chi connectivity index (χ0v) is 16.7. The van der Waals surface area contributed by atoms with Crippen LogP contribution in [0, 0.1) is 23.2 Å². The number of nitriles is 1. The molecule has 30 heavy (non-hydrogen) atoms. The highest BCUT2D eigenvalue weighted by Crippen LogP contribution is 2.33. The Labute approximate surface area is 175 Å². The lowest BCUT2D eigenvalue weighted by molar-refractivity contribution is -0.131. The Kier molecular flexibility index (Phi) is 4.80. The maximum absolute atomic E-state index is 12.3. The van der Waals surface area contributed by atoms with Crippen LogP contribution in [0.2, 0.25) is 0 Å². The summed E-state index contributed by atoms with van der Waals surface area (Å²) in [6, 6.07) is 18.0. The first-order valence-electron chi connectivity index (χ1n) is 10.5. The van der Waals surface area contributed by atoms with Crippen molar-refractivity contribution in [2.75, 3.05) is 13.1 Å². The van der Waals surface area contributed by atoms with Gasteiger partial charge in [0, 0.05) is 31.1 Å². The Morgan fingerprint density at radius 1 is 1.00 bits per heavy atom. The van der Waals surface area contributed by atoms with Crippen molar-refractivity contribution in [1.82, 2.24) is 19.7 Å². The first-order valence-corrected chi connectivity index (χ1v) is 10.5. The van der Waals surface area contributed by atoms with Crippen molar-refractivity contribution in [2.24, 2.45) is 11.8 Å². The van der Waals surface area contributed by atoms with E-state index in [1.54, 1.807) is 6.33 Å². The van der Waals surface area contributed by atoms with Crippen LogP contribution in [0.3, 0.4) is 0 Å². The number of aromatic nitrogens is 3. The fourth-order valence-corrected chi connectivity index (χ4v) is 4.21. The van der Waals surface area contributed by atoms with E-state index in [1.807, 2.05) is 29.2 Å². The quantitative estimate of drug-likeness (QED) is 0.657. The van der Waals surface area contributed by atoms with Gasteiger partial charge in [0.05, 0.1) is 11.6 Å². The van der Waals surface area contributed by atoms with Gasteiger partial charge in [-0.15, -0.1) is 10.2 Å². The molecule has 1 aromatic heterocycles. The number of likely N-dealkylation sites (tertiary alicyclic amines) is 1. The first-order chi connectivity index (χ1) is 14.7. The number of benzene rings is 2. The summed E-state index contributed by atoms with van der Waals surface area (Å²) in [4.78, 5) is 14.3. The molecule has 1 saturated carbocycles. The predicted octanol–water partition coefficient (Wildman–Crippen LogP) is 3.74. The van der Waals surface area contributed by atoms with E-state index in [9.17, 15) is 4.79 Å². The molecule has 0 radical (unpaired) electrons. The Bertz CT molecular complexity index is 1090. The topological polar surface area (TPSA) is 74.8 Å². The van der Waals surface area contributed by atoms with Crippen molar-refractivity contribution >= 4 is 5.91 Å². The molecule has 1 aliphatic heterocycles. The molecule has 2 fully saturated rings. The van der Waals surface area contributed by atoms with Gasteiger partial charge in [0.1, 0.15) is 6.33 Å². The first kappa shape index (κ1) is 18.6. The molecular weight excluding hydrogens is 374 g/mol. The van der Waals surface area contributed by atoms with E-state index < -0.39 is 0 Å². The molecule has 1 saturated heterocycles. The van der Waals surface area contributed by atoms with Gasteiger partial charge in [-0.25, -0.2) is 0 Å². The van der Waals surface area contributed by atoms with E-state index in [0.29, 0.717) is 23.3 Å². The minimum atomic E-state index is 0.295. The van der Waals surface area contributed by atoms with Crippen molar-refractivity contribution in [1.29, 1.82) is 5.26 Å². The Morgan fingerprint density at radius 3 is 2.33 bits per heavy atom. The zero-order valence-electron chi connectivity index (χ0n) is 16.7. The predicted molar refractivity (Wildman–Crippen MR) is 113 cm³/mol. The SMILES string of the molecule is N#Cc1ccc(-c2ccc(-c3nncn3C[C@@H]3CCN(C(=O)C4CC4)C3)cc2)cc1.